The van der Waals surface area contributed by atoms with Crippen molar-refractivity contribution >= 4 is 23.5 Å². The predicted molar refractivity (Wildman–Crippen MR) is 129 cm³/mol. The van der Waals surface area contributed by atoms with Crippen molar-refractivity contribution in [2.45, 2.75) is 31.3 Å². The number of urea groups is 1. The Kier molecular flexibility index (Phi) is 6.38. The van der Waals surface area contributed by atoms with Crippen LogP contribution in [0.15, 0.2) is 54.9 Å². The van der Waals surface area contributed by atoms with Gasteiger partial charge in [-0.2, -0.15) is 5.10 Å². The summed E-state index contributed by atoms with van der Waals surface area (Å²) in [6.45, 7) is 1.98. The van der Waals surface area contributed by atoms with Crippen molar-refractivity contribution in [2.24, 2.45) is 0 Å². The lowest BCUT2D eigenvalue weighted by molar-refractivity contribution is -0.137. The van der Waals surface area contributed by atoms with Gasteiger partial charge in [-0.15, -0.1) is 0 Å². The minimum atomic E-state index is -1.45. The Balaban J connectivity index is 1.25. The normalized spacial score (nSPS) is 16.8. The molecule has 2 N–H and O–H groups in total. The van der Waals surface area contributed by atoms with Crippen LogP contribution in [0.4, 0.5) is 10.5 Å². The van der Waals surface area contributed by atoms with Crippen LogP contribution in [0.1, 0.15) is 19.3 Å². The van der Waals surface area contributed by atoms with Crippen molar-refractivity contribution in [3.05, 3.63) is 54.9 Å². The first-order chi connectivity index (χ1) is 17.5. The van der Waals surface area contributed by atoms with Gasteiger partial charge in [0.05, 0.1) is 17.6 Å². The number of barbiturate groups is 1. The number of imide groups is 2. The number of carbonyl (C=O) groups is 3. The summed E-state index contributed by atoms with van der Waals surface area (Å²) in [6.07, 6.45) is 5.35. The third-order valence-electron chi connectivity index (χ3n) is 6.37. The van der Waals surface area contributed by atoms with E-state index in [9.17, 15) is 14.4 Å². The van der Waals surface area contributed by atoms with Crippen LogP contribution in [-0.2, 0) is 20.9 Å². The number of methoxy groups -OCH3 is 1. The maximum absolute atomic E-state index is 12.6. The minimum absolute atomic E-state index is 0.313. The topological polar surface area (TPSA) is 128 Å². The standard InChI is InChI=1S/C25H26N6O5/c1-35-15-3-12-30-14-10-20(29-30)17-4-7-19(8-5-17)36-21-9-6-18(16-26-21)31-13-2-11-25(31)22(32)27-24(34)28-23(25)33/h4-10,14,16H,2-3,11-13,15H2,1H3,(H2,27,28,32,33,34). The molecule has 2 saturated heterocycles. The Morgan fingerprint density at radius 1 is 1.03 bits per heavy atom. The van der Waals surface area contributed by atoms with E-state index in [1.54, 1.807) is 30.3 Å². The summed E-state index contributed by atoms with van der Waals surface area (Å²) in [5, 5.41) is 9.01. The Labute approximate surface area is 207 Å². The van der Waals surface area contributed by atoms with Crippen LogP contribution in [0.2, 0.25) is 0 Å². The van der Waals surface area contributed by atoms with Gasteiger partial charge in [0.15, 0.2) is 5.54 Å². The molecule has 5 rings (SSSR count). The number of pyridine rings is 1. The van der Waals surface area contributed by atoms with Gasteiger partial charge in [0.1, 0.15) is 5.75 Å². The van der Waals surface area contributed by atoms with E-state index in [2.05, 4.69) is 20.7 Å². The molecule has 2 aliphatic heterocycles. The Bertz CT molecular complexity index is 1250. The van der Waals surface area contributed by atoms with Crippen molar-refractivity contribution < 1.29 is 23.9 Å². The average Bonchev–Trinajstić information content (AvgIpc) is 3.53. The number of ether oxygens (including phenoxy) is 2. The fourth-order valence-electron chi connectivity index (χ4n) is 4.61. The second-order valence-corrected chi connectivity index (χ2v) is 8.64. The Hall–Kier alpha value is -4.25. The number of nitrogens with one attached hydrogen (secondary N) is 2. The second-order valence-electron chi connectivity index (χ2n) is 8.64. The van der Waals surface area contributed by atoms with Gasteiger partial charge in [0, 0.05) is 44.6 Å². The first kappa shape index (κ1) is 23.5. The van der Waals surface area contributed by atoms with E-state index in [4.69, 9.17) is 9.47 Å². The number of benzene rings is 1. The van der Waals surface area contributed by atoms with Crippen LogP contribution in [0.5, 0.6) is 11.6 Å². The first-order valence-corrected chi connectivity index (χ1v) is 11.7. The molecule has 186 valence electrons. The van der Waals surface area contributed by atoms with E-state index in [1.165, 1.54) is 0 Å². The van der Waals surface area contributed by atoms with Gasteiger partial charge in [-0.1, -0.05) is 0 Å². The van der Waals surface area contributed by atoms with Gasteiger partial charge >= 0.3 is 6.03 Å². The summed E-state index contributed by atoms with van der Waals surface area (Å²) < 4.78 is 12.9. The van der Waals surface area contributed by atoms with Crippen LogP contribution < -0.4 is 20.3 Å². The lowest BCUT2D eigenvalue weighted by Gasteiger charge is -2.38. The highest BCUT2D eigenvalue weighted by Gasteiger charge is 2.57. The second kappa shape index (κ2) is 9.78. The SMILES string of the molecule is COCCCn1ccc(-c2ccc(Oc3ccc(N4CCCC45C(=O)NC(=O)NC5=O)cn3)cc2)n1. The van der Waals surface area contributed by atoms with Crippen molar-refractivity contribution in [3.63, 3.8) is 0 Å². The van der Waals surface area contributed by atoms with Gasteiger partial charge in [0.2, 0.25) is 5.88 Å². The molecule has 11 heteroatoms. The van der Waals surface area contributed by atoms with E-state index < -0.39 is 23.4 Å². The fourth-order valence-corrected chi connectivity index (χ4v) is 4.61. The van der Waals surface area contributed by atoms with Crippen LogP contribution in [0.25, 0.3) is 11.3 Å². The number of aryl methyl sites for hydroxylation is 1. The van der Waals surface area contributed by atoms with Crippen LogP contribution in [-0.4, -0.2) is 58.4 Å². The minimum Gasteiger partial charge on any atom is -0.439 e. The zero-order valence-electron chi connectivity index (χ0n) is 19.8. The summed E-state index contributed by atoms with van der Waals surface area (Å²) >= 11 is 0. The number of amides is 4. The van der Waals surface area contributed by atoms with Crippen molar-refractivity contribution in [3.8, 4) is 22.9 Å². The number of hydrogen-bond acceptors (Lipinski definition) is 8. The van der Waals surface area contributed by atoms with E-state index in [0.717, 1.165) is 24.2 Å². The molecule has 0 aliphatic carbocycles. The number of aromatic nitrogens is 3. The summed E-state index contributed by atoms with van der Waals surface area (Å²) in [7, 11) is 1.69. The van der Waals surface area contributed by atoms with Gasteiger partial charge in [-0.3, -0.25) is 24.9 Å². The number of hydrogen-bond donors (Lipinski definition) is 2. The highest BCUT2D eigenvalue weighted by atomic mass is 16.5. The van der Waals surface area contributed by atoms with Crippen molar-refractivity contribution in [1.29, 1.82) is 0 Å². The molecule has 0 radical (unpaired) electrons. The largest absolute Gasteiger partial charge is 0.439 e. The highest BCUT2D eigenvalue weighted by Crippen LogP contribution is 2.36. The molecule has 2 aliphatic rings. The lowest BCUT2D eigenvalue weighted by Crippen LogP contribution is -2.71. The first-order valence-electron chi connectivity index (χ1n) is 11.7. The summed E-state index contributed by atoms with van der Waals surface area (Å²) in [5.41, 5.74) is 0.984. The molecule has 0 unspecified atom stereocenters. The van der Waals surface area contributed by atoms with E-state index in [1.807, 2.05) is 41.2 Å². The van der Waals surface area contributed by atoms with Crippen molar-refractivity contribution in [2.75, 3.05) is 25.2 Å². The molecule has 2 fully saturated rings. The lowest BCUT2D eigenvalue weighted by atomic mass is 9.92. The summed E-state index contributed by atoms with van der Waals surface area (Å²) in [5.74, 6) is -0.251. The number of rotatable bonds is 8. The molecule has 0 atom stereocenters. The van der Waals surface area contributed by atoms with Gasteiger partial charge in [-0.05, 0) is 55.7 Å². The highest BCUT2D eigenvalue weighted by molar-refractivity contribution is 6.24. The van der Waals surface area contributed by atoms with Crippen LogP contribution >= 0.6 is 0 Å². The van der Waals surface area contributed by atoms with E-state index in [0.29, 0.717) is 43.3 Å². The molecule has 0 saturated carbocycles. The Morgan fingerprint density at radius 3 is 2.50 bits per heavy atom. The molecule has 1 spiro atoms. The van der Waals surface area contributed by atoms with Crippen LogP contribution in [0.3, 0.4) is 0 Å². The molecule has 4 amide bonds. The van der Waals surface area contributed by atoms with Gasteiger partial charge < -0.3 is 14.4 Å². The molecule has 36 heavy (non-hydrogen) atoms. The fraction of sp³-hybridized carbons (Fsp3) is 0.320. The third-order valence-corrected chi connectivity index (χ3v) is 6.37. The molecule has 2 aromatic heterocycles. The molecular weight excluding hydrogens is 464 g/mol. The summed E-state index contributed by atoms with van der Waals surface area (Å²) in [4.78, 5) is 42.8. The maximum atomic E-state index is 12.6. The van der Waals surface area contributed by atoms with E-state index in [-0.39, 0.29) is 0 Å². The maximum Gasteiger partial charge on any atom is 0.328 e. The van der Waals surface area contributed by atoms with Gasteiger partial charge in [-0.25, -0.2) is 9.78 Å². The number of nitrogens with zero attached hydrogens (tertiary/aromatic N) is 4. The quantitative estimate of drug-likeness (QED) is 0.364. The summed E-state index contributed by atoms with van der Waals surface area (Å²) in [6, 6.07) is 12.2. The number of carbonyl (C=O) groups excluding carboxylic acids is 3. The predicted octanol–water partition coefficient (Wildman–Crippen LogP) is 2.48. The molecule has 0 bridgehead atoms. The zero-order chi connectivity index (χ0) is 25.1. The Morgan fingerprint density at radius 2 is 1.81 bits per heavy atom. The average molecular weight is 491 g/mol. The smallest absolute Gasteiger partial charge is 0.328 e. The molecule has 1 aromatic carbocycles. The number of anilines is 1. The molecular formula is C25H26N6O5. The van der Waals surface area contributed by atoms with E-state index >= 15 is 0 Å². The molecule has 3 aromatic rings. The molecule has 4 heterocycles. The third kappa shape index (κ3) is 4.40. The monoisotopic (exact) mass is 490 g/mol. The van der Waals surface area contributed by atoms with Crippen molar-refractivity contribution in [1.82, 2.24) is 25.4 Å². The zero-order valence-corrected chi connectivity index (χ0v) is 19.8. The molecule has 11 nitrogen and oxygen atoms in total. The van der Waals surface area contributed by atoms with Gasteiger partial charge in [0.25, 0.3) is 11.8 Å². The van der Waals surface area contributed by atoms with Crippen LogP contribution in [0, 0.1) is 0 Å².